The molecule has 4 aliphatic rings. The van der Waals surface area contributed by atoms with Crippen LogP contribution in [0.3, 0.4) is 0 Å². The van der Waals surface area contributed by atoms with Crippen molar-refractivity contribution in [2.75, 3.05) is 19.1 Å². The minimum Gasteiger partial charge on any atom is -0.508 e. The van der Waals surface area contributed by atoms with E-state index in [1.54, 1.807) is 42.5 Å². The van der Waals surface area contributed by atoms with Crippen molar-refractivity contribution in [3.05, 3.63) is 101 Å². The molecule has 11 heteroatoms. The van der Waals surface area contributed by atoms with E-state index >= 15 is 4.79 Å². The van der Waals surface area contributed by atoms with Crippen LogP contribution in [0.2, 0.25) is 5.02 Å². The van der Waals surface area contributed by atoms with Crippen molar-refractivity contribution in [1.29, 1.82) is 0 Å². The molecule has 0 spiro atoms. The molecule has 10 nitrogen and oxygen atoms in total. The van der Waals surface area contributed by atoms with Crippen molar-refractivity contribution >= 4 is 47.0 Å². The lowest BCUT2D eigenvalue weighted by Gasteiger charge is -2.50. The number of likely N-dealkylation sites (tertiary alicyclic amines) is 1. The Morgan fingerprint density at radius 3 is 2.37 bits per heavy atom. The number of carbonyl (C=O) groups is 5. The quantitative estimate of drug-likeness (QED) is 0.312. The molecule has 2 aliphatic heterocycles. The number of phenols is 1. The molecule has 0 radical (unpaired) electrons. The van der Waals surface area contributed by atoms with E-state index < -0.39 is 64.7 Å². The van der Waals surface area contributed by atoms with E-state index in [1.807, 2.05) is 24.3 Å². The van der Waals surface area contributed by atoms with Crippen LogP contribution < -0.4 is 9.64 Å². The second-order valence-electron chi connectivity index (χ2n) is 12.0. The molecule has 3 aromatic rings. The highest BCUT2D eigenvalue weighted by Gasteiger charge is 2.70. The first-order valence-electron chi connectivity index (χ1n) is 14.9. The van der Waals surface area contributed by atoms with Crippen molar-refractivity contribution in [3.8, 4) is 11.5 Å². The Morgan fingerprint density at radius 2 is 1.67 bits per heavy atom. The Hall–Kier alpha value is -4.96. The predicted molar refractivity (Wildman–Crippen MR) is 165 cm³/mol. The molecule has 3 aromatic carbocycles. The van der Waals surface area contributed by atoms with Gasteiger partial charge in [0.05, 0.1) is 43.1 Å². The summed E-state index contributed by atoms with van der Waals surface area (Å²) >= 11 is 6.33. The van der Waals surface area contributed by atoms with Gasteiger partial charge in [0.15, 0.2) is 0 Å². The van der Waals surface area contributed by atoms with Crippen molar-refractivity contribution in [1.82, 2.24) is 4.90 Å². The fourth-order valence-electron chi connectivity index (χ4n) is 8.30. The Kier molecular flexibility index (Phi) is 7.01. The number of carbonyl (C=O) groups excluding carboxylic acids is 5. The number of ether oxygens (including phenoxy) is 2. The molecule has 0 unspecified atom stereocenters. The van der Waals surface area contributed by atoms with Gasteiger partial charge in [0, 0.05) is 22.6 Å². The lowest BCUT2D eigenvalue weighted by molar-refractivity contribution is -0.138. The molecule has 5 amide bonds. The average Bonchev–Trinajstić information content (AvgIpc) is 3.45. The molecule has 7 rings (SSSR count). The van der Waals surface area contributed by atoms with Crippen LogP contribution in [0, 0.1) is 23.7 Å². The zero-order chi connectivity index (χ0) is 32.5. The lowest BCUT2D eigenvalue weighted by Crippen LogP contribution is -2.53. The molecule has 1 N–H and O–H groups in total. The van der Waals surface area contributed by atoms with Gasteiger partial charge in [-0.25, -0.2) is 9.69 Å². The smallest absolute Gasteiger partial charge is 0.423 e. The van der Waals surface area contributed by atoms with Gasteiger partial charge < -0.3 is 14.6 Å². The molecule has 0 bridgehead atoms. The molecule has 2 aliphatic carbocycles. The number of aromatic hydroxyl groups is 1. The number of phenolic OH excluding ortho intramolecular Hbond substituents is 1. The normalized spacial score (nSPS) is 28.4. The maximum Gasteiger partial charge on any atom is 0.423 e. The third-order valence-electron chi connectivity index (χ3n) is 10.1. The van der Waals surface area contributed by atoms with Crippen molar-refractivity contribution in [2.45, 2.75) is 24.2 Å². The molecule has 3 fully saturated rings. The molecule has 2 heterocycles. The van der Waals surface area contributed by atoms with E-state index in [9.17, 15) is 24.3 Å². The van der Waals surface area contributed by atoms with Gasteiger partial charge in [-0.3, -0.25) is 19.2 Å². The van der Waals surface area contributed by atoms with Crippen molar-refractivity contribution < 1.29 is 38.6 Å². The van der Waals surface area contributed by atoms with E-state index in [2.05, 4.69) is 0 Å². The van der Waals surface area contributed by atoms with Crippen molar-refractivity contribution in [3.63, 3.8) is 0 Å². The third kappa shape index (κ3) is 3.99. The maximum absolute atomic E-state index is 15.2. The number of nitrogens with zero attached hydrogens (tertiary/aromatic N) is 2. The molecule has 2 saturated heterocycles. The number of hydrogen-bond donors (Lipinski definition) is 1. The number of benzene rings is 3. The zero-order valence-electron chi connectivity index (χ0n) is 24.9. The van der Waals surface area contributed by atoms with E-state index in [4.69, 9.17) is 21.1 Å². The van der Waals surface area contributed by atoms with Gasteiger partial charge in [-0.1, -0.05) is 65.7 Å². The van der Waals surface area contributed by atoms with E-state index in [-0.39, 0.29) is 24.3 Å². The van der Waals surface area contributed by atoms with Crippen molar-refractivity contribution in [2.24, 2.45) is 23.7 Å². The Bertz CT molecular complexity index is 1860. The van der Waals surface area contributed by atoms with Crippen LogP contribution in [0.25, 0.3) is 0 Å². The van der Waals surface area contributed by atoms with Crippen LogP contribution in [-0.2, 0) is 29.3 Å². The van der Waals surface area contributed by atoms with Crippen LogP contribution in [0.5, 0.6) is 11.5 Å². The summed E-state index contributed by atoms with van der Waals surface area (Å²) in [5.74, 6) is -6.35. The Labute approximate surface area is 269 Å². The highest BCUT2D eigenvalue weighted by atomic mass is 35.5. The summed E-state index contributed by atoms with van der Waals surface area (Å²) in [6, 6.07) is 20.2. The first-order valence-corrected chi connectivity index (χ1v) is 15.2. The van der Waals surface area contributed by atoms with Crippen LogP contribution in [0.4, 0.5) is 10.5 Å². The van der Waals surface area contributed by atoms with Gasteiger partial charge in [0.25, 0.3) is 0 Å². The van der Waals surface area contributed by atoms with Crippen LogP contribution in [0.15, 0.2) is 84.4 Å². The number of fused-ring (bicyclic) bond motifs is 4. The summed E-state index contributed by atoms with van der Waals surface area (Å²) in [5, 5.41) is 10.7. The molecule has 46 heavy (non-hydrogen) atoms. The first-order chi connectivity index (χ1) is 22.1. The summed E-state index contributed by atoms with van der Waals surface area (Å²) in [6.07, 6.45) is 1.02. The number of rotatable bonds is 4. The number of imide groups is 4. The fourth-order valence-corrected chi connectivity index (χ4v) is 8.48. The van der Waals surface area contributed by atoms with Gasteiger partial charge in [-0.15, -0.1) is 0 Å². The number of hydrogen-bond acceptors (Lipinski definition) is 8. The number of allylic oxidation sites excluding steroid dienone is 2. The second-order valence-corrected chi connectivity index (χ2v) is 12.4. The topological polar surface area (TPSA) is 131 Å². The standard InChI is InChI=1S/C35H29ClN2O8/c1-45-27-16-21(39)11-12-23(27)29-22-13-14-24-28(32(42)38(30(24)40)34(44)46-2)25(22)17-26-31(41)37(20-10-6-9-19(36)15-20)33(43)35(26,29)18-7-4-3-5-8-18/h3-13,15-16,24-26,28-29,39H,14,17H2,1-2H3/t24-,25+,26-,28-,29+,35+/m0/s1. The van der Waals surface area contributed by atoms with E-state index in [0.717, 1.165) is 7.11 Å². The Morgan fingerprint density at radius 1 is 0.913 bits per heavy atom. The largest absolute Gasteiger partial charge is 0.508 e. The van der Waals surface area contributed by atoms with Gasteiger partial charge >= 0.3 is 6.09 Å². The molecular weight excluding hydrogens is 612 g/mol. The highest BCUT2D eigenvalue weighted by Crippen LogP contribution is 2.65. The van der Waals surface area contributed by atoms with Crippen LogP contribution in [-0.4, -0.2) is 53.9 Å². The summed E-state index contributed by atoms with van der Waals surface area (Å²) in [4.78, 5) is 71.4. The number of amides is 5. The predicted octanol–water partition coefficient (Wildman–Crippen LogP) is 4.98. The SMILES string of the molecule is COC(=O)N1C(=O)[C@H]2[C@H](CC=C3[C@H]2C[C@H]2C(=O)N(c4cccc(Cl)c4)C(=O)[C@@]2(c2ccccc2)[C@H]3c2ccc(O)cc2OC)C1=O. The van der Waals surface area contributed by atoms with Gasteiger partial charge in [-0.2, -0.15) is 4.90 Å². The molecular formula is C35H29ClN2O8. The summed E-state index contributed by atoms with van der Waals surface area (Å²) in [7, 11) is 2.55. The molecule has 6 atom stereocenters. The molecule has 234 valence electrons. The zero-order valence-corrected chi connectivity index (χ0v) is 25.6. The fraction of sp³-hybridized carbons (Fsp3) is 0.286. The lowest BCUT2D eigenvalue weighted by atomic mass is 9.49. The molecule has 0 aromatic heterocycles. The first kappa shape index (κ1) is 29.7. The molecule has 1 saturated carbocycles. The highest BCUT2D eigenvalue weighted by molar-refractivity contribution is 6.32. The minimum absolute atomic E-state index is 0.0596. The van der Waals surface area contributed by atoms with Gasteiger partial charge in [0.1, 0.15) is 11.5 Å². The minimum atomic E-state index is -1.51. The monoisotopic (exact) mass is 640 g/mol. The van der Waals surface area contributed by atoms with Crippen LogP contribution >= 0.6 is 11.6 Å². The summed E-state index contributed by atoms with van der Waals surface area (Å²) in [5.41, 5.74) is 0.608. The average molecular weight is 641 g/mol. The van der Waals surface area contributed by atoms with Crippen LogP contribution in [0.1, 0.15) is 29.9 Å². The third-order valence-corrected chi connectivity index (χ3v) is 10.3. The van der Waals surface area contributed by atoms with Gasteiger partial charge in [-0.05, 0) is 48.6 Å². The Balaban J connectivity index is 1.51. The number of methoxy groups -OCH3 is 2. The maximum atomic E-state index is 15.2. The summed E-state index contributed by atoms with van der Waals surface area (Å²) < 4.78 is 10.5. The second kappa shape index (κ2) is 10.8. The van der Waals surface area contributed by atoms with Gasteiger partial charge in [0.2, 0.25) is 23.6 Å². The van der Waals surface area contributed by atoms with E-state index in [0.29, 0.717) is 32.3 Å². The summed E-state index contributed by atoms with van der Waals surface area (Å²) in [6.45, 7) is 0. The van der Waals surface area contributed by atoms with E-state index in [1.165, 1.54) is 24.1 Å². The number of halogens is 1. The number of anilines is 1.